The summed E-state index contributed by atoms with van der Waals surface area (Å²) < 4.78 is 51.6. The number of hydrogen-bond donors (Lipinski definition) is 0. The van der Waals surface area contributed by atoms with Gasteiger partial charge in [0.05, 0.1) is 6.20 Å². The molecule has 0 atom stereocenters. The van der Waals surface area contributed by atoms with E-state index in [9.17, 15) is 13.2 Å². The van der Waals surface area contributed by atoms with Crippen LogP contribution in [0, 0.1) is 0 Å². The zero-order chi connectivity index (χ0) is 23.4. The van der Waals surface area contributed by atoms with E-state index in [4.69, 9.17) is 21.1 Å². The smallest absolute Gasteiger partial charge is 0.434 e. The molecule has 2 aromatic carbocycles. The van der Waals surface area contributed by atoms with E-state index in [1.54, 1.807) is 24.3 Å². The monoisotopic (exact) mass is 474 g/mol. The average molecular weight is 475 g/mol. The minimum absolute atomic E-state index is 0.0164. The first-order valence-corrected chi connectivity index (χ1v) is 10.2. The fourth-order valence-corrected chi connectivity index (χ4v) is 3.17. The maximum absolute atomic E-state index is 12.9. The van der Waals surface area contributed by atoms with Crippen molar-refractivity contribution in [3.63, 3.8) is 0 Å². The maximum Gasteiger partial charge on any atom is 0.434 e. The Morgan fingerprint density at radius 2 is 1.58 bits per heavy atom. The molecular formula is C23H18ClF3N4O2. The fourth-order valence-electron chi connectivity index (χ4n) is 3.05. The van der Waals surface area contributed by atoms with E-state index in [1.807, 2.05) is 30.3 Å². The Bertz CT molecular complexity index is 1230. The summed E-state index contributed by atoms with van der Waals surface area (Å²) in [6.07, 6.45) is -2.10. The summed E-state index contributed by atoms with van der Waals surface area (Å²) in [7, 11) is 1.52. The lowest BCUT2D eigenvalue weighted by atomic mass is 10.1. The summed E-state index contributed by atoms with van der Waals surface area (Å²) in [6, 6.07) is 16.4. The minimum Gasteiger partial charge on any atom is -0.482 e. The van der Waals surface area contributed by atoms with Gasteiger partial charge in [-0.15, -0.1) is 0 Å². The lowest BCUT2D eigenvalue weighted by Crippen LogP contribution is -2.04. The van der Waals surface area contributed by atoms with Crippen LogP contribution in [0.5, 0.6) is 11.6 Å². The molecule has 0 aliphatic rings. The molecule has 6 nitrogen and oxygen atoms in total. The predicted octanol–water partition coefficient (Wildman–Crippen LogP) is 5.71. The topological polar surface area (TPSA) is 62.1 Å². The van der Waals surface area contributed by atoms with Gasteiger partial charge < -0.3 is 14.0 Å². The highest BCUT2D eigenvalue weighted by atomic mass is 35.5. The van der Waals surface area contributed by atoms with Crippen molar-refractivity contribution in [2.24, 2.45) is 7.05 Å². The van der Waals surface area contributed by atoms with Gasteiger partial charge in [-0.1, -0.05) is 54.6 Å². The molecule has 4 rings (SSSR count). The minimum atomic E-state index is -4.50. The highest BCUT2D eigenvalue weighted by Gasteiger charge is 2.34. The first-order chi connectivity index (χ1) is 15.8. The van der Waals surface area contributed by atoms with Crippen molar-refractivity contribution < 1.29 is 22.6 Å². The van der Waals surface area contributed by atoms with E-state index in [-0.39, 0.29) is 23.6 Å². The zero-order valence-electron chi connectivity index (χ0n) is 17.4. The molecule has 0 aliphatic heterocycles. The summed E-state index contributed by atoms with van der Waals surface area (Å²) >= 11 is 5.91. The molecule has 4 aromatic rings. The lowest BCUT2D eigenvalue weighted by molar-refractivity contribution is -0.140. The van der Waals surface area contributed by atoms with E-state index in [1.165, 1.54) is 17.8 Å². The van der Waals surface area contributed by atoms with Gasteiger partial charge in [0.25, 0.3) is 5.88 Å². The molecule has 0 saturated carbocycles. The van der Waals surface area contributed by atoms with Gasteiger partial charge in [-0.3, -0.25) is 0 Å². The second-order valence-electron chi connectivity index (χ2n) is 7.13. The highest BCUT2D eigenvalue weighted by Crippen LogP contribution is 2.31. The molecule has 2 aromatic heterocycles. The predicted molar refractivity (Wildman–Crippen MR) is 116 cm³/mol. The molecular weight excluding hydrogens is 457 g/mol. The largest absolute Gasteiger partial charge is 0.482 e. The average Bonchev–Trinajstić information content (AvgIpc) is 3.20. The number of nitrogens with zero attached hydrogens (tertiary/aromatic N) is 4. The van der Waals surface area contributed by atoms with Crippen molar-refractivity contribution in [1.82, 2.24) is 19.5 Å². The van der Waals surface area contributed by atoms with E-state index in [0.29, 0.717) is 17.9 Å². The molecule has 10 heteroatoms. The molecule has 0 N–H and O–H groups in total. The number of benzene rings is 2. The van der Waals surface area contributed by atoms with Gasteiger partial charge in [-0.2, -0.15) is 18.2 Å². The third-order valence-electron chi connectivity index (χ3n) is 4.68. The van der Waals surface area contributed by atoms with Crippen LogP contribution in [0.1, 0.15) is 16.8 Å². The van der Waals surface area contributed by atoms with Crippen molar-refractivity contribution in [2.45, 2.75) is 19.4 Å². The number of ether oxygens (including phenoxy) is 2. The molecule has 0 bridgehead atoms. The quantitative estimate of drug-likeness (QED) is 0.321. The summed E-state index contributed by atoms with van der Waals surface area (Å²) in [6.45, 7) is 0.449. The number of aryl methyl sites for hydroxylation is 1. The van der Waals surface area contributed by atoms with Crippen molar-refractivity contribution in [2.75, 3.05) is 0 Å². The molecule has 0 saturated heterocycles. The van der Waals surface area contributed by atoms with Gasteiger partial charge in [0.2, 0.25) is 5.28 Å². The van der Waals surface area contributed by atoms with Crippen LogP contribution in [-0.2, 0) is 26.4 Å². The first kappa shape index (κ1) is 22.6. The summed E-state index contributed by atoms with van der Waals surface area (Å²) in [5.74, 6) is 0.746. The fraction of sp³-hybridized carbons (Fsp3) is 0.174. The van der Waals surface area contributed by atoms with Gasteiger partial charge in [-0.05, 0) is 22.7 Å². The molecule has 0 fully saturated rings. The van der Waals surface area contributed by atoms with E-state index in [0.717, 1.165) is 17.3 Å². The molecule has 33 heavy (non-hydrogen) atoms. The van der Waals surface area contributed by atoms with E-state index >= 15 is 0 Å². The van der Waals surface area contributed by atoms with E-state index < -0.39 is 11.9 Å². The second kappa shape index (κ2) is 9.50. The Morgan fingerprint density at radius 1 is 0.909 bits per heavy atom. The highest BCUT2D eigenvalue weighted by molar-refractivity contribution is 6.28. The number of alkyl halides is 3. The summed E-state index contributed by atoms with van der Waals surface area (Å²) in [4.78, 5) is 11.7. The Balaban J connectivity index is 1.44. The molecule has 170 valence electrons. The van der Waals surface area contributed by atoms with Crippen LogP contribution in [0.4, 0.5) is 13.2 Å². The lowest BCUT2D eigenvalue weighted by Gasteiger charge is -2.12. The van der Waals surface area contributed by atoms with Crippen LogP contribution in [0.2, 0.25) is 5.28 Å². The van der Waals surface area contributed by atoms with Crippen LogP contribution >= 0.6 is 11.6 Å². The van der Waals surface area contributed by atoms with Crippen molar-refractivity contribution >= 4 is 11.6 Å². The van der Waals surface area contributed by atoms with Crippen molar-refractivity contribution in [3.8, 4) is 23.0 Å². The standard InChI is InChI=1S/C23H18ClF3N4O2/c1-31-12-19(23(25,26)27)29-20(31)17-9-7-16(8-10-17)14-33-21-18(11-28-22(24)30-21)32-13-15-5-3-2-4-6-15/h2-12H,13-14H2,1H3. The van der Waals surface area contributed by atoms with Crippen LogP contribution in [0.3, 0.4) is 0 Å². The van der Waals surface area contributed by atoms with Gasteiger partial charge >= 0.3 is 6.18 Å². The second-order valence-corrected chi connectivity index (χ2v) is 7.46. The summed E-state index contributed by atoms with van der Waals surface area (Å²) in [5.41, 5.74) is 1.36. The Morgan fingerprint density at radius 3 is 2.24 bits per heavy atom. The van der Waals surface area contributed by atoms with Crippen molar-refractivity contribution in [1.29, 1.82) is 0 Å². The number of aromatic nitrogens is 4. The number of halogens is 4. The normalized spacial score (nSPS) is 11.4. The Labute approximate surface area is 192 Å². The van der Waals surface area contributed by atoms with Gasteiger partial charge in [0, 0.05) is 18.8 Å². The van der Waals surface area contributed by atoms with E-state index in [2.05, 4.69) is 15.0 Å². The van der Waals surface area contributed by atoms with Crippen LogP contribution in [0.15, 0.2) is 67.0 Å². The Hall–Kier alpha value is -3.59. The number of imidazole rings is 1. The SMILES string of the molecule is Cn1cc(C(F)(F)F)nc1-c1ccc(COc2nc(Cl)ncc2OCc2ccccc2)cc1. The van der Waals surface area contributed by atoms with Gasteiger partial charge in [0.1, 0.15) is 19.0 Å². The molecule has 0 radical (unpaired) electrons. The number of hydrogen-bond acceptors (Lipinski definition) is 5. The molecule has 2 heterocycles. The zero-order valence-corrected chi connectivity index (χ0v) is 18.1. The summed E-state index contributed by atoms with van der Waals surface area (Å²) in [5, 5.41) is 0.0164. The molecule has 0 spiro atoms. The van der Waals surface area contributed by atoms with Gasteiger partial charge in [0.15, 0.2) is 11.4 Å². The third kappa shape index (κ3) is 5.61. The third-order valence-corrected chi connectivity index (χ3v) is 4.87. The molecule has 0 aliphatic carbocycles. The van der Waals surface area contributed by atoms with Crippen LogP contribution < -0.4 is 9.47 Å². The van der Waals surface area contributed by atoms with Crippen molar-refractivity contribution in [3.05, 3.63) is 89.1 Å². The number of rotatable bonds is 7. The first-order valence-electron chi connectivity index (χ1n) is 9.81. The molecule has 0 amide bonds. The molecule has 0 unspecified atom stereocenters. The van der Waals surface area contributed by atoms with Crippen LogP contribution in [0.25, 0.3) is 11.4 Å². The Kier molecular flexibility index (Phi) is 6.50. The van der Waals surface area contributed by atoms with Crippen LogP contribution in [-0.4, -0.2) is 19.5 Å². The van der Waals surface area contributed by atoms with Gasteiger partial charge in [-0.25, -0.2) is 9.97 Å². The maximum atomic E-state index is 12.9.